The summed E-state index contributed by atoms with van der Waals surface area (Å²) in [4.78, 5) is 24.4. The van der Waals surface area contributed by atoms with E-state index in [1.165, 1.54) is 4.88 Å². The maximum atomic E-state index is 12.1. The van der Waals surface area contributed by atoms with Crippen LogP contribution in [0.25, 0.3) is 0 Å². The SMILES string of the molecule is CCNC(=NCc1ccc(N2CCCCC2=O)cc1)NCc1sc(C)nc1C.I. The first-order valence-corrected chi connectivity index (χ1v) is 10.7. The molecule has 1 fully saturated rings. The van der Waals surface area contributed by atoms with Crippen LogP contribution in [0.5, 0.6) is 0 Å². The number of aryl methyl sites for hydroxylation is 2. The average molecular weight is 527 g/mol. The van der Waals surface area contributed by atoms with Crippen molar-refractivity contribution in [2.24, 2.45) is 4.99 Å². The molecular weight excluding hydrogens is 497 g/mol. The van der Waals surface area contributed by atoms with Crippen LogP contribution in [0.2, 0.25) is 0 Å². The molecule has 0 bridgehead atoms. The number of piperidine rings is 1. The van der Waals surface area contributed by atoms with Crippen molar-refractivity contribution in [3.63, 3.8) is 0 Å². The molecule has 0 aliphatic carbocycles. The normalized spacial score (nSPS) is 14.5. The van der Waals surface area contributed by atoms with Crippen molar-refractivity contribution < 1.29 is 4.79 Å². The number of anilines is 1. The summed E-state index contributed by atoms with van der Waals surface area (Å²) in [5.74, 6) is 1.02. The third-order valence-electron chi connectivity index (χ3n) is 4.75. The number of nitrogens with one attached hydrogen (secondary N) is 2. The molecule has 1 aliphatic rings. The van der Waals surface area contributed by atoms with E-state index in [0.717, 1.165) is 60.4 Å². The van der Waals surface area contributed by atoms with Gasteiger partial charge in [-0.3, -0.25) is 4.79 Å². The van der Waals surface area contributed by atoms with Gasteiger partial charge in [0.2, 0.25) is 5.91 Å². The van der Waals surface area contributed by atoms with E-state index >= 15 is 0 Å². The van der Waals surface area contributed by atoms with Gasteiger partial charge in [-0.2, -0.15) is 0 Å². The highest BCUT2D eigenvalue weighted by Crippen LogP contribution is 2.21. The van der Waals surface area contributed by atoms with E-state index in [-0.39, 0.29) is 29.9 Å². The predicted molar refractivity (Wildman–Crippen MR) is 131 cm³/mol. The zero-order chi connectivity index (χ0) is 19.9. The van der Waals surface area contributed by atoms with Gasteiger partial charge in [-0.25, -0.2) is 9.98 Å². The molecule has 6 nitrogen and oxygen atoms in total. The molecule has 2 aromatic rings. The van der Waals surface area contributed by atoms with Crippen LogP contribution < -0.4 is 15.5 Å². The Morgan fingerprint density at radius 1 is 1.21 bits per heavy atom. The lowest BCUT2D eigenvalue weighted by Crippen LogP contribution is -2.36. The topological polar surface area (TPSA) is 69.6 Å². The predicted octanol–water partition coefficient (Wildman–Crippen LogP) is 4.15. The maximum Gasteiger partial charge on any atom is 0.226 e. The largest absolute Gasteiger partial charge is 0.357 e. The first-order valence-electron chi connectivity index (χ1n) is 9.91. The Labute approximate surface area is 194 Å². The second-order valence-electron chi connectivity index (χ2n) is 6.96. The van der Waals surface area contributed by atoms with Crippen molar-refractivity contribution in [3.05, 3.63) is 45.4 Å². The second kappa shape index (κ2) is 11.5. The van der Waals surface area contributed by atoms with Crippen LogP contribution in [0.15, 0.2) is 29.3 Å². The van der Waals surface area contributed by atoms with Crippen molar-refractivity contribution in [2.75, 3.05) is 18.0 Å². The van der Waals surface area contributed by atoms with Crippen molar-refractivity contribution >= 4 is 52.9 Å². The molecule has 158 valence electrons. The first-order chi connectivity index (χ1) is 13.6. The molecular formula is C21H30IN5OS. The van der Waals surface area contributed by atoms with Crippen LogP contribution >= 0.6 is 35.3 Å². The third-order valence-corrected chi connectivity index (χ3v) is 5.82. The van der Waals surface area contributed by atoms with Crippen LogP contribution in [-0.2, 0) is 17.9 Å². The van der Waals surface area contributed by atoms with Gasteiger partial charge >= 0.3 is 0 Å². The molecule has 2 heterocycles. The summed E-state index contributed by atoms with van der Waals surface area (Å²) in [6, 6.07) is 8.16. The van der Waals surface area contributed by atoms with Gasteiger partial charge in [0.15, 0.2) is 5.96 Å². The van der Waals surface area contributed by atoms with Crippen LogP contribution in [0.3, 0.4) is 0 Å². The van der Waals surface area contributed by atoms with Gasteiger partial charge < -0.3 is 15.5 Å². The van der Waals surface area contributed by atoms with Crippen LogP contribution in [-0.4, -0.2) is 29.9 Å². The maximum absolute atomic E-state index is 12.1. The second-order valence-corrected chi connectivity index (χ2v) is 8.25. The van der Waals surface area contributed by atoms with Crippen LogP contribution in [0.1, 0.15) is 47.3 Å². The van der Waals surface area contributed by atoms with E-state index in [2.05, 4.69) is 34.7 Å². The molecule has 0 spiro atoms. The van der Waals surface area contributed by atoms with E-state index in [9.17, 15) is 4.79 Å². The minimum atomic E-state index is 0. The van der Waals surface area contributed by atoms with Gasteiger partial charge in [-0.15, -0.1) is 35.3 Å². The highest BCUT2D eigenvalue weighted by molar-refractivity contribution is 14.0. The van der Waals surface area contributed by atoms with Gasteiger partial charge in [0.1, 0.15) is 0 Å². The Morgan fingerprint density at radius 3 is 2.59 bits per heavy atom. The van der Waals surface area contributed by atoms with E-state index in [1.807, 2.05) is 30.9 Å². The van der Waals surface area contributed by atoms with Crippen molar-refractivity contribution in [1.82, 2.24) is 15.6 Å². The number of hydrogen-bond donors (Lipinski definition) is 2. The van der Waals surface area contributed by atoms with Crippen LogP contribution in [0.4, 0.5) is 5.69 Å². The van der Waals surface area contributed by atoms with E-state index in [1.54, 1.807) is 11.3 Å². The average Bonchev–Trinajstić information content (AvgIpc) is 3.02. The fourth-order valence-electron chi connectivity index (χ4n) is 3.27. The van der Waals surface area contributed by atoms with Crippen LogP contribution in [0, 0.1) is 13.8 Å². The number of carbonyl (C=O) groups excluding carboxylic acids is 1. The molecule has 1 amide bonds. The quantitative estimate of drug-likeness (QED) is 0.337. The number of hydrogen-bond acceptors (Lipinski definition) is 4. The monoisotopic (exact) mass is 527 g/mol. The number of amides is 1. The molecule has 8 heteroatoms. The Morgan fingerprint density at radius 2 is 1.97 bits per heavy atom. The zero-order valence-corrected chi connectivity index (χ0v) is 20.5. The molecule has 0 atom stereocenters. The van der Waals surface area contributed by atoms with E-state index in [4.69, 9.17) is 4.99 Å². The Balaban J connectivity index is 0.00000300. The van der Waals surface area contributed by atoms with Crippen molar-refractivity contribution in [1.29, 1.82) is 0 Å². The minimum Gasteiger partial charge on any atom is -0.357 e. The Kier molecular flexibility index (Phi) is 9.35. The van der Waals surface area contributed by atoms with Gasteiger partial charge in [0, 0.05) is 30.1 Å². The number of aliphatic imine (C=N–C) groups is 1. The molecule has 1 aromatic carbocycles. The summed E-state index contributed by atoms with van der Waals surface area (Å²) in [6.45, 7) is 9.07. The lowest BCUT2D eigenvalue weighted by atomic mass is 10.1. The Bertz CT molecular complexity index is 834. The molecule has 29 heavy (non-hydrogen) atoms. The van der Waals surface area contributed by atoms with Gasteiger partial charge in [0.05, 0.1) is 23.8 Å². The molecule has 3 rings (SSSR count). The summed E-state index contributed by atoms with van der Waals surface area (Å²) >= 11 is 1.72. The number of halogens is 1. The fraction of sp³-hybridized carbons (Fsp3) is 0.476. The standard InChI is InChI=1S/C21H29N5OS.HI/c1-4-22-21(24-14-19-15(2)25-16(3)28-19)23-13-17-8-10-18(11-9-17)26-12-6-5-7-20(26)27;/h8-11H,4-7,12-14H2,1-3H3,(H2,22,23,24);1H. The number of carbonyl (C=O) groups is 1. The number of aromatic nitrogens is 1. The van der Waals surface area contributed by atoms with E-state index in [0.29, 0.717) is 13.0 Å². The minimum absolute atomic E-state index is 0. The smallest absolute Gasteiger partial charge is 0.226 e. The lowest BCUT2D eigenvalue weighted by molar-refractivity contribution is -0.119. The van der Waals surface area contributed by atoms with Gasteiger partial charge in [0.25, 0.3) is 0 Å². The summed E-state index contributed by atoms with van der Waals surface area (Å²) in [6.07, 6.45) is 2.74. The lowest BCUT2D eigenvalue weighted by Gasteiger charge is -2.26. The van der Waals surface area contributed by atoms with Crippen molar-refractivity contribution in [2.45, 2.75) is 53.1 Å². The number of benzene rings is 1. The number of rotatable bonds is 6. The fourth-order valence-corrected chi connectivity index (χ4v) is 4.15. The molecule has 0 saturated carbocycles. The van der Waals surface area contributed by atoms with Gasteiger partial charge in [-0.1, -0.05) is 12.1 Å². The number of thiazole rings is 1. The number of guanidine groups is 1. The molecule has 1 saturated heterocycles. The summed E-state index contributed by atoms with van der Waals surface area (Å²) < 4.78 is 0. The third kappa shape index (κ3) is 6.67. The molecule has 0 radical (unpaired) electrons. The number of nitrogens with zero attached hydrogens (tertiary/aromatic N) is 3. The summed E-state index contributed by atoms with van der Waals surface area (Å²) in [7, 11) is 0. The summed E-state index contributed by atoms with van der Waals surface area (Å²) in [5.41, 5.74) is 3.18. The molecule has 1 aromatic heterocycles. The highest BCUT2D eigenvalue weighted by atomic mass is 127. The van der Waals surface area contributed by atoms with Gasteiger partial charge in [-0.05, 0) is 51.3 Å². The summed E-state index contributed by atoms with van der Waals surface area (Å²) in [5, 5.41) is 7.76. The molecule has 2 N–H and O–H groups in total. The molecule has 0 unspecified atom stereocenters. The van der Waals surface area contributed by atoms with E-state index < -0.39 is 0 Å². The Hall–Kier alpha value is -1.68. The zero-order valence-electron chi connectivity index (χ0n) is 17.3. The van der Waals surface area contributed by atoms with Crippen molar-refractivity contribution in [3.8, 4) is 0 Å². The highest BCUT2D eigenvalue weighted by Gasteiger charge is 2.19. The molecule has 1 aliphatic heterocycles. The first kappa shape index (κ1) is 23.6.